The Balaban J connectivity index is 0.000000197. The largest absolute Gasteiger partial charge is 0.508 e. The summed E-state index contributed by atoms with van der Waals surface area (Å²) in [6.45, 7) is 0. The molecule has 0 atom stereocenters. The zero-order valence-corrected chi connectivity index (χ0v) is 41.0. The summed E-state index contributed by atoms with van der Waals surface area (Å²) in [4.78, 5) is 17.0. The number of imidazole rings is 1. The number of phenols is 3. The lowest BCUT2D eigenvalue weighted by Gasteiger charge is -2.00. The monoisotopic (exact) mass is 1090 g/mol. The molecule has 0 amide bonds. The van der Waals surface area contributed by atoms with E-state index in [9.17, 15) is 4.39 Å². The van der Waals surface area contributed by atoms with Crippen molar-refractivity contribution in [2.24, 2.45) is 0 Å². The number of rotatable bonds is 7. The van der Waals surface area contributed by atoms with Gasteiger partial charge in [-0.15, -0.1) is 0 Å². The molecule has 4 heterocycles. The SMILES string of the molecule is Nc1ncc(B(O)O)cn1.OB(O)c1ccc(O)c(Cl)c1.OB(O)c1ccc(O)cc1.OB(O)c1ccc(O)cc1F.OB(O)c1ccc2[nH]ccc2c1.OB(O)c1ccc2[nH]ncc2c1.OB(O)c1ccc2nc[nH]c2c1. The molecule has 0 aliphatic rings. The van der Waals surface area contributed by atoms with Crippen LogP contribution < -0.4 is 44.0 Å². The van der Waals surface area contributed by atoms with Crippen molar-refractivity contribution >= 4 is 138 Å². The van der Waals surface area contributed by atoms with Crippen LogP contribution in [0.1, 0.15) is 0 Å². The quantitative estimate of drug-likeness (QED) is 0.0661. The molecule has 0 aliphatic heterocycles. The number of fused-ring (bicyclic) bond motifs is 3. The van der Waals surface area contributed by atoms with E-state index >= 15 is 0 Å². The van der Waals surface area contributed by atoms with Crippen LogP contribution in [0.25, 0.3) is 32.8 Å². The summed E-state index contributed by atoms with van der Waals surface area (Å²) >= 11 is 5.49. The molecule has 10 aromatic rings. The number of aromatic amines is 3. The molecule has 22 N–H and O–H groups in total. The second-order valence-electron chi connectivity index (χ2n) is 15.7. The zero-order chi connectivity index (χ0) is 57.6. The molecule has 4 aromatic heterocycles. The third-order valence-corrected chi connectivity index (χ3v) is 10.4. The van der Waals surface area contributed by atoms with E-state index in [1.165, 1.54) is 60.9 Å². The van der Waals surface area contributed by atoms with E-state index in [2.05, 4.69) is 35.1 Å². The molecule has 400 valence electrons. The van der Waals surface area contributed by atoms with Crippen LogP contribution in [0, 0.1) is 5.82 Å². The molecule has 0 saturated heterocycles. The van der Waals surface area contributed by atoms with Crippen LogP contribution in [0.3, 0.4) is 0 Å². The number of nitrogens with zero attached hydrogens (tertiary/aromatic N) is 4. The lowest BCUT2D eigenvalue weighted by molar-refractivity contribution is 0.421. The van der Waals surface area contributed by atoms with Gasteiger partial charge < -0.3 is 101 Å². The van der Waals surface area contributed by atoms with Gasteiger partial charge in [-0.2, -0.15) is 5.10 Å². The van der Waals surface area contributed by atoms with Crippen molar-refractivity contribution in [3.05, 3.63) is 163 Å². The number of hydrogen-bond donors (Lipinski definition) is 21. The predicted octanol–water partition coefficient (Wildman–Crippen LogP) is -5.92. The number of benzene rings is 6. The van der Waals surface area contributed by atoms with Gasteiger partial charge in [0.15, 0.2) is 0 Å². The van der Waals surface area contributed by atoms with Crippen LogP contribution in [0.2, 0.25) is 5.02 Å². The van der Waals surface area contributed by atoms with Gasteiger partial charge >= 0.3 is 49.8 Å². The Labute approximate surface area is 448 Å². The summed E-state index contributed by atoms with van der Waals surface area (Å²) in [6.07, 6.45) is 7.54. The summed E-state index contributed by atoms with van der Waals surface area (Å²) in [5.74, 6) is -0.920. The number of aromatic hydroxyl groups is 3. The summed E-state index contributed by atoms with van der Waals surface area (Å²) < 4.78 is 12.6. The molecule has 25 nitrogen and oxygen atoms in total. The average molecular weight is 1090 g/mol. The van der Waals surface area contributed by atoms with Crippen LogP contribution in [0.4, 0.5) is 10.3 Å². The number of nitrogen functional groups attached to an aromatic ring is 1. The maximum Gasteiger partial charge on any atom is 0.491 e. The number of nitrogens with two attached hydrogens (primary N) is 1. The first-order valence-electron chi connectivity index (χ1n) is 22.2. The molecule has 0 bridgehead atoms. The Hall–Kier alpha value is -7.81. The van der Waals surface area contributed by atoms with Crippen molar-refractivity contribution < 1.29 is 90.0 Å². The number of phenolic OH excluding ortho intramolecular Hbond substituents is 3. The van der Waals surface area contributed by atoms with E-state index in [0.717, 1.165) is 45.0 Å². The first kappa shape index (κ1) is 62.7. The molecule has 0 unspecified atom stereocenters. The molecule has 0 radical (unpaired) electrons. The van der Waals surface area contributed by atoms with E-state index in [1.807, 2.05) is 18.3 Å². The van der Waals surface area contributed by atoms with E-state index in [4.69, 9.17) is 103 Å². The molecule has 10 rings (SSSR count). The summed E-state index contributed by atoms with van der Waals surface area (Å²) in [6, 6.07) is 30.0. The van der Waals surface area contributed by atoms with Crippen molar-refractivity contribution in [1.82, 2.24) is 35.1 Å². The van der Waals surface area contributed by atoms with Crippen molar-refractivity contribution in [2.45, 2.75) is 0 Å². The number of halogens is 2. The van der Waals surface area contributed by atoms with Crippen LogP contribution in [0.5, 0.6) is 17.2 Å². The zero-order valence-electron chi connectivity index (χ0n) is 40.2. The van der Waals surface area contributed by atoms with Gasteiger partial charge in [-0.3, -0.25) is 5.10 Å². The second-order valence-corrected chi connectivity index (χ2v) is 16.1. The van der Waals surface area contributed by atoms with E-state index < -0.39 is 55.6 Å². The fourth-order valence-corrected chi connectivity index (χ4v) is 6.19. The molecule has 34 heteroatoms. The first-order chi connectivity index (χ1) is 36.9. The second kappa shape index (κ2) is 30.8. The normalized spacial score (nSPS) is 10.0. The highest BCUT2D eigenvalue weighted by molar-refractivity contribution is 6.61. The lowest BCUT2D eigenvalue weighted by Crippen LogP contribution is -2.32. The fourth-order valence-electron chi connectivity index (χ4n) is 6.00. The van der Waals surface area contributed by atoms with E-state index in [-0.39, 0.29) is 44.6 Å². The molecule has 0 spiro atoms. The number of H-pyrrole nitrogens is 3. The minimum absolute atomic E-state index is 0.0731. The summed E-state index contributed by atoms with van der Waals surface area (Å²) in [5.41, 5.74) is 10.7. The minimum Gasteiger partial charge on any atom is -0.508 e. The van der Waals surface area contributed by atoms with E-state index in [1.54, 1.807) is 61.1 Å². The third-order valence-electron chi connectivity index (χ3n) is 10.1. The maximum atomic E-state index is 12.6. The Bertz CT molecular complexity index is 3150. The van der Waals surface area contributed by atoms with Gasteiger partial charge in [0.05, 0.1) is 34.1 Å². The topological polar surface area (TPSA) is 469 Å². The van der Waals surface area contributed by atoms with E-state index in [0.29, 0.717) is 21.9 Å². The highest BCUT2D eigenvalue weighted by atomic mass is 35.5. The van der Waals surface area contributed by atoms with Gasteiger partial charge in [-0.25, -0.2) is 19.3 Å². The highest BCUT2D eigenvalue weighted by Crippen LogP contribution is 2.20. The molecule has 0 saturated carbocycles. The Morgan fingerprint density at radius 2 is 0.936 bits per heavy atom. The molecule has 6 aromatic carbocycles. The van der Waals surface area contributed by atoms with Crippen molar-refractivity contribution in [2.75, 3.05) is 5.73 Å². The molecule has 0 fully saturated rings. The number of hydrogen-bond acceptors (Lipinski definition) is 22. The number of aromatic nitrogens is 7. The summed E-state index contributed by atoms with van der Waals surface area (Å²) in [7, 11) is -10.6. The Morgan fingerprint density at radius 1 is 0.436 bits per heavy atom. The van der Waals surface area contributed by atoms with Gasteiger partial charge in [0, 0.05) is 46.5 Å². The first-order valence-corrected chi connectivity index (χ1v) is 22.6. The van der Waals surface area contributed by atoms with Gasteiger partial charge in [0.1, 0.15) is 23.1 Å². The Morgan fingerprint density at radius 3 is 1.49 bits per heavy atom. The number of nitrogens with one attached hydrogen (secondary N) is 3. The standard InChI is InChI=1S/C8H8BNO2.2C7H7BN2O2.C6H6BClO3.C6H6BFO3.C6H7BO3.C4H6BN3O2/c11-9(12)7-1-2-8-6(5-7)3-4-10-8;11-8(12)6-1-2-7-5(3-6)4-9-10-7;11-8(12)5-1-2-6-7(3-5)10-4-9-6;8-5-3-4(7(10)11)1-2-6(5)9;8-6-3-4(9)1-2-5(6)7(10)11;8-6-3-1-5(2-4-6)7(9)10;6-4-7-1-3(2-8-4)5(9)10/h1-5,10-12H;2*1-4,11-12H,(H,9,10);2*1-3,9-11H;1-4,8-10H;1-2,9-10H,(H2,6,7,8). The van der Waals surface area contributed by atoms with Crippen molar-refractivity contribution in [1.29, 1.82) is 0 Å². The minimum atomic E-state index is -1.84. The number of anilines is 1. The summed E-state index contributed by atoms with van der Waals surface area (Å²) in [5, 5.41) is 157. The molecular formula is C44H47B7ClFN8O17. The Kier molecular flexibility index (Phi) is 24.8. The van der Waals surface area contributed by atoms with Crippen molar-refractivity contribution in [3.8, 4) is 17.2 Å². The van der Waals surface area contributed by atoms with Gasteiger partial charge in [-0.1, -0.05) is 66.2 Å². The maximum absolute atomic E-state index is 12.6. The highest BCUT2D eigenvalue weighted by Gasteiger charge is 2.17. The van der Waals surface area contributed by atoms with Crippen LogP contribution in [-0.2, 0) is 0 Å². The van der Waals surface area contributed by atoms with Gasteiger partial charge in [0.2, 0.25) is 5.95 Å². The van der Waals surface area contributed by atoms with Crippen molar-refractivity contribution in [3.63, 3.8) is 0 Å². The van der Waals surface area contributed by atoms with Crippen LogP contribution >= 0.6 is 11.6 Å². The average Bonchev–Trinajstić information content (AvgIpc) is 4.20. The third kappa shape index (κ3) is 20.3. The fraction of sp³-hybridized carbons (Fsp3) is 0. The van der Waals surface area contributed by atoms with Gasteiger partial charge in [-0.05, 0) is 93.4 Å². The van der Waals surface area contributed by atoms with Gasteiger partial charge in [0.25, 0.3) is 0 Å². The molecule has 0 aliphatic carbocycles. The smallest absolute Gasteiger partial charge is 0.491 e. The lowest BCUT2D eigenvalue weighted by atomic mass is 9.80. The molecule has 78 heavy (non-hydrogen) atoms. The van der Waals surface area contributed by atoms with Crippen LogP contribution in [-0.4, -0.2) is 171 Å². The van der Waals surface area contributed by atoms with Crippen LogP contribution in [0.15, 0.2) is 152 Å². The predicted molar refractivity (Wildman–Crippen MR) is 295 cm³/mol. The molecular weight excluding hydrogens is 1040 g/mol.